The van der Waals surface area contributed by atoms with E-state index in [1.165, 1.54) is 12.1 Å². The zero-order valence-electron chi connectivity index (χ0n) is 12.1. The molecule has 22 heavy (non-hydrogen) atoms. The molecule has 0 N–H and O–H groups in total. The topological polar surface area (TPSA) is 61.7 Å². The van der Waals surface area contributed by atoms with Gasteiger partial charge in [-0.25, -0.2) is 9.37 Å². The first-order valence-electron chi connectivity index (χ1n) is 6.80. The van der Waals surface area contributed by atoms with Gasteiger partial charge in [-0.05, 0) is 41.8 Å². The standard InChI is InChI=1S/C16H13FN4S/c1-9(20-21-18)13-6-7-14-16(19-10(2)22-14)15(13)11-4-3-5-12(17)8-11/h3-9H,1-2H3. The molecule has 0 aliphatic rings. The predicted octanol–water partition coefficient (Wildman–Crippen LogP) is 5.78. The Morgan fingerprint density at radius 1 is 1.32 bits per heavy atom. The Labute approximate surface area is 130 Å². The Bertz CT molecular complexity index is 896. The van der Waals surface area contributed by atoms with Crippen LogP contribution < -0.4 is 0 Å². The number of rotatable bonds is 3. The normalized spacial score (nSPS) is 12.1. The van der Waals surface area contributed by atoms with E-state index >= 15 is 0 Å². The molecule has 0 saturated heterocycles. The van der Waals surface area contributed by atoms with Gasteiger partial charge in [0.15, 0.2) is 0 Å². The molecule has 1 unspecified atom stereocenters. The fraction of sp³-hybridized carbons (Fsp3) is 0.188. The van der Waals surface area contributed by atoms with Crippen LogP contribution >= 0.6 is 11.3 Å². The molecular formula is C16H13FN4S. The van der Waals surface area contributed by atoms with Gasteiger partial charge in [-0.15, -0.1) is 11.3 Å². The second kappa shape index (κ2) is 5.75. The van der Waals surface area contributed by atoms with E-state index in [9.17, 15) is 4.39 Å². The molecule has 2 aromatic carbocycles. The summed E-state index contributed by atoms with van der Waals surface area (Å²) in [5.74, 6) is -0.302. The minimum Gasteiger partial charge on any atom is -0.241 e. The third kappa shape index (κ3) is 2.54. The Kier molecular flexibility index (Phi) is 3.79. The number of azide groups is 1. The summed E-state index contributed by atoms with van der Waals surface area (Å²) in [6.45, 7) is 3.76. The maximum absolute atomic E-state index is 13.6. The zero-order valence-corrected chi connectivity index (χ0v) is 12.9. The molecular weight excluding hydrogens is 299 g/mol. The second-order valence-corrected chi connectivity index (χ2v) is 6.24. The van der Waals surface area contributed by atoms with Gasteiger partial charge in [-0.3, -0.25) is 0 Å². The number of thiazole rings is 1. The highest BCUT2D eigenvalue weighted by Crippen LogP contribution is 2.38. The number of benzene rings is 2. The predicted molar refractivity (Wildman–Crippen MR) is 87.3 cm³/mol. The molecule has 3 rings (SSSR count). The van der Waals surface area contributed by atoms with E-state index in [1.807, 2.05) is 32.0 Å². The van der Waals surface area contributed by atoms with Crippen molar-refractivity contribution in [2.75, 3.05) is 0 Å². The highest BCUT2D eigenvalue weighted by atomic mass is 32.1. The van der Waals surface area contributed by atoms with Gasteiger partial charge >= 0.3 is 0 Å². The van der Waals surface area contributed by atoms with Crippen molar-refractivity contribution in [2.24, 2.45) is 5.11 Å². The van der Waals surface area contributed by atoms with Gasteiger partial charge in [0, 0.05) is 10.5 Å². The number of hydrogen-bond acceptors (Lipinski definition) is 3. The van der Waals surface area contributed by atoms with E-state index in [1.54, 1.807) is 17.4 Å². The average molecular weight is 312 g/mol. The number of nitrogens with zero attached hydrogens (tertiary/aromatic N) is 4. The van der Waals surface area contributed by atoms with E-state index in [2.05, 4.69) is 15.0 Å². The fourth-order valence-corrected chi connectivity index (χ4v) is 3.39. The third-order valence-corrected chi connectivity index (χ3v) is 4.42. The summed E-state index contributed by atoms with van der Waals surface area (Å²) in [5, 5.41) is 4.73. The van der Waals surface area contributed by atoms with E-state index in [4.69, 9.17) is 5.53 Å². The molecule has 0 bridgehead atoms. The summed E-state index contributed by atoms with van der Waals surface area (Å²) in [6.07, 6.45) is 0. The molecule has 110 valence electrons. The van der Waals surface area contributed by atoms with Crippen molar-refractivity contribution < 1.29 is 4.39 Å². The van der Waals surface area contributed by atoms with Crippen LogP contribution in [-0.4, -0.2) is 4.98 Å². The molecule has 0 fully saturated rings. The lowest BCUT2D eigenvalue weighted by molar-refractivity contribution is 0.628. The largest absolute Gasteiger partial charge is 0.241 e. The van der Waals surface area contributed by atoms with Crippen molar-refractivity contribution in [3.8, 4) is 11.1 Å². The van der Waals surface area contributed by atoms with Crippen molar-refractivity contribution in [2.45, 2.75) is 19.9 Å². The van der Waals surface area contributed by atoms with Gasteiger partial charge in [0.1, 0.15) is 5.82 Å². The van der Waals surface area contributed by atoms with Gasteiger partial charge in [-0.1, -0.05) is 30.2 Å². The smallest absolute Gasteiger partial charge is 0.123 e. The number of halogens is 1. The van der Waals surface area contributed by atoms with Crippen LogP contribution in [0.5, 0.6) is 0 Å². The molecule has 1 aromatic heterocycles. The van der Waals surface area contributed by atoms with Gasteiger partial charge in [0.2, 0.25) is 0 Å². The molecule has 0 saturated carbocycles. The monoisotopic (exact) mass is 312 g/mol. The molecule has 1 atom stereocenters. The van der Waals surface area contributed by atoms with E-state index in [0.29, 0.717) is 0 Å². The second-order valence-electron chi connectivity index (χ2n) is 5.00. The Morgan fingerprint density at radius 3 is 2.86 bits per heavy atom. The number of aryl methyl sites for hydroxylation is 1. The van der Waals surface area contributed by atoms with Crippen molar-refractivity contribution in [1.82, 2.24) is 4.98 Å². The molecule has 0 radical (unpaired) electrons. The lowest BCUT2D eigenvalue weighted by Gasteiger charge is -2.13. The van der Waals surface area contributed by atoms with E-state index in [0.717, 1.165) is 31.9 Å². The summed E-state index contributed by atoms with van der Waals surface area (Å²) >= 11 is 1.59. The summed E-state index contributed by atoms with van der Waals surface area (Å²) in [7, 11) is 0. The van der Waals surface area contributed by atoms with Crippen LogP contribution in [0.3, 0.4) is 0 Å². The van der Waals surface area contributed by atoms with Crippen molar-refractivity contribution in [3.05, 3.63) is 63.2 Å². The lowest BCUT2D eigenvalue weighted by Crippen LogP contribution is -1.95. The van der Waals surface area contributed by atoms with Crippen molar-refractivity contribution in [3.63, 3.8) is 0 Å². The van der Waals surface area contributed by atoms with Gasteiger partial charge < -0.3 is 0 Å². The third-order valence-electron chi connectivity index (χ3n) is 3.49. The van der Waals surface area contributed by atoms with Crippen LogP contribution in [0.1, 0.15) is 23.5 Å². The fourth-order valence-electron chi connectivity index (χ4n) is 2.56. The molecule has 4 nitrogen and oxygen atoms in total. The van der Waals surface area contributed by atoms with Crippen molar-refractivity contribution >= 4 is 21.6 Å². The number of aromatic nitrogens is 1. The van der Waals surface area contributed by atoms with Gasteiger partial charge in [0.25, 0.3) is 0 Å². The summed E-state index contributed by atoms with van der Waals surface area (Å²) < 4.78 is 14.7. The Morgan fingerprint density at radius 2 is 2.14 bits per heavy atom. The van der Waals surface area contributed by atoms with Crippen LogP contribution in [0, 0.1) is 12.7 Å². The molecule has 3 aromatic rings. The molecule has 6 heteroatoms. The van der Waals surface area contributed by atoms with E-state index < -0.39 is 0 Å². The van der Waals surface area contributed by atoms with Crippen LogP contribution in [0.15, 0.2) is 41.5 Å². The van der Waals surface area contributed by atoms with Crippen LogP contribution in [0.25, 0.3) is 31.8 Å². The first-order valence-corrected chi connectivity index (χ1v) is 7.62. The van der Waals surface area contributed by atoms with Crippen LogP contribution in [0.2, 0.25) is 0 Å². The minimum atomic E-state index is -0.352. The Balaban J connectivity index is 2.36. The number of hydrogen-bond donors (Lipinski definition) is 0. The van der Waals surface area contributed by atoms with Crippen LogP contribution in [0.4, 0.5) is 4.39 Å². The quantitative estimate of drug-likeness (QED) is 0.343. The highest BCUT2D eigenvalue weighted by Gasteiger charge is 2.17. The van der Waals surface area contributed by atoms with Crippen molar-refractivity contribution in [1.29, 1.82) is 0 Å². The minimum absolute atomic E-state index is 0.302. The summed E-state index contributed by atoms with van der Waals surface area (Å²) in [4.78, 5) is 7.47. The maximum Gasteiger partial charge on any atom is 0.123 e. The highest BCUT2D eigenvalue weighted by molar-refractivity contribution is 7.18. The molecule has 0 aliphatic heterocycles. The molecule has 1 heterocycles. The van der Waals surface area contributed by atoms with Crippen LogP contribution in [-0.2, 0) is 0 Å². The number of fused-ring (bicyclic) bond motifs is 1. The van der Waals surface area contributed by atoms with Gasteiger partial charge in [0.05, 0.1) is 21.3 Å². The maximum atomic E-state index is 13.6. The lowest BCUT2D eigenvalue weighted by atomic mass is 9.94. The molecule has 0 spiro atoms. The first kappa shape index (κ1) is 14.5. The summed E-state index contributed by atoms with van der Waals surface area (Å²) in [6, 6.07) is 9.96. The zero-order chi connectivity index (χ0) is 15.7. The molecule has 0 amide bonds. The SMILES string of the molecule is Cc1nc2c(-c3cccc(F)c3)c(C(C)N=[N+]=[N-])ccc2s1. The Hall–Kier alpha value is -2.43. The average Bonchev–Trinajstić information content (AvgIpc) is 2.86. The summed E-state index contributed by atoms with van der Waals surface area (Å²) in [5.41, 5.74) is 12.0. The van der Waals surface area contributed by atoms with E-state index in [-0.39, 0.29) is 11.9 Å². The molecule has 0 aliphatic carbocycles. The first-order chi connectivity index (χ1) is 10.6. The van der Waals surface area contributed by atoms with Gasteiger partial charge in [-0.2, -0.15) is 0 Å².